The molecule has 6 nitrogen and oxygen atoms in total. The van der Waals surface area contributed by atoms with Gasteiger partial charge in [0, 0.05) is 29.9 Å². The molecule has 2 heterocycles. The lowest BCUT2D eigenvalue weighted by molar-refractivity contribution is 0.100. The van der Waals surface area contributed by atoms with Crippen LogP contribution in [0.2, 0.25) is 0 Å². The average molecular weight is 373 g/mol. The monoisotopic (exact) mass is 373 g/mol. The third kappa shape index (κ3) is 3.32. The molecule has 1 amide bonds. The Labute approximate surface area is 161 Å². The van der Waals surface area contributed by atoms with E-state index in [-0.39, 0.29) is 5.82 Å². The molecule has 0 radical (unpaired) electrons. The molecular formula is C20H17BFN5O. The van der Waals surface area contributed by atoms with Crippen LogP contribution in [0.1, 0.15) is 15.9 Å². The third-order valence-corrected chi connectivity index (χ3v) is 4.51. The van der Waals surface area contributed by atoms with Crippen LogP contribution in [0.4, 0.5) is 10.2 Å². The van der Waals surface area contributed by atoms with Crippen LogP contribution in [0.5, 0.6) is 0 Å². The van der Waals surface area contributed by atoms with Gasteiger partial charge in [0.1, 0.15) is 19.5 Å². The van der Waals surface area contributed by atoms with Crippen molar-refractivity contribution in [3.8, 4) is 11.3 Å². The van der Waals surface area contributed by atoms with Crippen LogP contribution in [0.15, 0.2) is 60.8 Å². The van der Waals surface area contributed by atoms with Crippen molar-refractivity contribution in [1.82, 2.24) is 14.6 Å². The summed E-state index contributed by atoms with van der Waals surface area (Å²) in [6.45, 7) is 0.494. The Bertz CT molecular complexity index is 1170. The zero-order valence-corrected chi connectivity index (χ0v) is 15.2. The maximum absolute atomic E-state index is 14.3. The van der Waals surface area contributed by atoms with Crippen molar-refractivity contribution in [1.29, 1.82) is 0 Å². The summed E-state index contributed by atoms with van der Waals surface area (Å²) >= 11 is 0. The first-order valence-corrected chi connectivity index (χ1v) is 8.76. The smallest absolute Gasteiger partial charge is 0.248 e. The van der Waals surface area contributed by atoms with Crippen LogP contribution in [0, 0.1) is 5.82 Å². The fraction of sp³-hybridized carbons (Fsp3) is 0.0500. The normalized spacial score (nSPS) is 10.9. The molecule has 4 aromatic rings. The third-order valence-electron chi connectivity index (χ3n) is 4.51. The Morgan fingerprint density at radius 2 is 1.93 bits per heavy atom. The van der Waals surface area contributed by atoms with Gasteiger partial charge < -0.3 is 11.1 Å². The first-order valence-electron chi connectivity index (χ1n) is 8.76. The fourth-order valence-electron chi connectivity index (χ4n) is 2.98. The Balaban J connectivity index is 1.69. The number of nitrogens with one attached hydrogen (secondary N) is 1. The van der Waals surface area contributed by atoms with E-state index in [1.807, 2.05) is 20.0 Å². The van der Waals surface area contributed by atoms with Gasteiger partial charge in [0.25, 0.3) is 0 Å². The number of carbonyl (C=O) groups is 1. The molecule has 0 atom stereocenters. The minimum absolute atomic E-state index is 0.329. The highest BCUT2D eigenvalue weighted by molar-refractivity contribution is 6.36. The molecule has 0 spiro atoms. The van der Waals surface area contributed by atoms with E-state index in [0.29, 0.717) is 34.8 Å². The lowest BCUT2D eigenvalue weighted by Gasteiger charge is -2.12. The summed E-state index contributed by atoms with van der Waals surface area (Å²) in [5.41, 5.74) is 9.21. The van der Waals surface area contributed by atoms with Crippen molar-refractivity contribution in [3.63, 3.8) is 0 Å². The highest BCUT2D eigenvalue weighted by Crippen LogP contribution is 2.24. The molecule has 0 saturated heterocycles. The van der Waals surface area contributed by atoms with Gasteiger partial charge in [-0.15, -0.1) is 0 Å². The number of nitrogens with two attached hydrogens (primary N) is 1. The standard InChI is InChI=1S/C20H17BFN5O/c21-15-11-25-27-18(24-10-12-5-7-13(8-6-12)19(23)28)9-17(26-20(15)27)14-3-1-2-4-16(14)22/h1-9,11,24H,10,21H2,(H2,23,28). The van der Waals surface area contributed by atoms with Gasteiger partial charge >= 0.3 is 0 Å². The number of benzene rings is 2. The SMILES string of the molecule is Bc1cnn2c(NCc3ccc(C(N)=O)cc3)cc(-c3ccccc3F)nc12. The summed E-state index contributed by atoms with van der Waals surface area (Å²) in [4.78, 5) is 15.8. The minimum Gasteiger partial charge on any atom is -0.366 e. The van der Waals surface area contributed by atoms with Gasteiger partial charge in [0.05, 0.1) is 5.69 Å². The fourth-order valence-corrected chi connectivity index (χ4v) is 2.98. The van der Waals surface area contributed by atoms with Crippen LogP contribution in [-0.4, -0.2) is 28.4 Å². The second-order valence-electron chi connectivity index (χ2n) is 6.48. The number of anilines is 1. The number of primary amides is 1. The highest BCUT2D eigenvalue weighted by Gasteiger charge is 2.13. The molecule has 0 fully saturated rings. The van der Waals surface area contributed by atoms with Gasteiger partial charge in [-0.1, -0.05) is 24.3 Å². The van der Waals surface area contributed by atoms with Gasteiger partial charge in [-0.2, -0.15) is 9.61 Å². The second kappa shape index (κ2) is 7.15. The number of amides is 1. The van der Waals surface area contributed by atoms with Crippen molar-refractivity contribution in [2.75, 3.05) is 5.32 Å². The van der Waals surface area contributed by atoms with Gasteiger partial charge in [-0.25, -0.2) is 9.37 Å². The molecule has 0 aliphatic carbocycles. The second-order valence-corrected chi connectivity index (χ2v) is 6.48. The molecule has 0 unspecified atom stereocenters. The van der Waals surface area contributed by atoms with Crippen molar-refractivity contribution in [3.05, 3.63) is 77.7 Å². The van der Waals surface area contributed by atoms with Gasteiger partial charge in [-0.3, -0.25) is 4.79 Å². The first-order chi connectivity index (χ1) is 13.5. The first kappa shape index (κ1) is 17.7. The van der Waals surface area contributed by atoms with Crippen molar-refractivity contribution < 1.29 is 9.18 Å². The number of hydrogen-bond acceptors (Lipinski definition) is 4. The van der Waals surface area contributed by atoms with Crippen LogP contribution in [0.25, 0.3) is 16.9 Å². The summed E-state index contributed by atoms with van der Waals surface area (Å²) < 4.78 is 16.0. The number of rotatable bonds is 5. The molecule has 0 bridgehead atoms. The summed E-state index contributed by atoms with van der Waals surface area (Å²) in [5, 5.41) is 7.68. The van der Waals surface area contributed by atoms with Crippen molar-refractivity contribution in [2.45, 2.75) is 6.54 Å². The highest BCUT2D eigenvalue weighted by atomic mass is 19.1. The van der Waals surface area contributed by atoms with E-state index in [1.54, 1.807) is 47.1 Å². The zero-order chi connectivity index (χ0) is 19.7. The Morgan fingerprint density at radius 1 is 1.18 bits per heavy atom. The van der Waals surface area contributed by atoms with E-state index < -0.39 is 5.91 Å². The molecule has 8 heteroatoms. The van der Waals surface area contributed by atoms with Crippen molar-refractivity contribution >= 4 is 30.7 Å². The Kier molecular flexibility index (Phi) is 4.53. The van der Waals surface area contributed by atoms with Gasteiger partial charge in [0.15, 0.2) is 5.65 Å². The van der Waals surface area contributed by atoms with Crippen LogP contribution >= 0.6 is 0 Å². The van der Waals surface area contributed by atoms with E-state index in [2.05, 4.69) is 15.4 Å². The predicted octanol–water partition coefficient (Wildman–Crippen LogP) is 1.50. The summed E-state index contributed by atoms with van der Waals surface area (Å²) in [6, 6.07) is 15.3. The number of carbonyl (C=O) groups excluding carboxylic acids is 1. The maximum atomic E-state index is 14.3. The molecule has 138 valence electrons. The Hall–Kier alpha value is -3.68. The number of aromatic nitrogens is 3. The maximum Gasteiger partial charge on any atom is 0.248 e. The average Bonchev–Trinajstić information content (AvgIpc) is 3.08. The predicted molar refractivity (Wildman–Crippen MR) is 109 cm³/mol. The number of fused-ring (bicyclic) bond motifs is 1. The molecule has 28 heavy (non-hydrogen) atoms. The van der Waals surface area contributed by atoms with Gasteiger partial charge in [0.2, 0.25) is 5.91 Å². The van der Waals surface area contributed by atoms with Gasteiger partial charge in [-0.05, 0) is 35.3 Å². The lowest BCUT2D eigenvalue weighted by Crippen LogP contribution is -2.11. The summed E-state index contributed by atoms with van der Waals surface area (Å²) in [7, 11) is 1.91. The summed E-state index contributed by atoms with van der Waals surface area (Å²) in [6.07, 6.45) is 1.72. The molecule has 0 saturated carbocycles. The zero-order valence-electron chi connectivity index (χ0n) is 15.2. The van der Waals surface area contributed by atoms with E-state index in [0.717, 1.165) is 11.0 Å². The molecule has 3 N–H and O–H groups in total. The quantitative estimate of drug-likeness (QED) is 0.520. The molecule has 0 aliphatic heterocycles. The number of halogens is 1. The van der Waals surface area contributed by atoms with Crippen molar-refractivity contribution in [2.24, 2.45) is 5.73 Å². The van der Waals surface area contributed by atoms with E-state index in [1.165, 1.54) is 6.07 Å². The number of nitrogens with zero attached hydrogens (tertiary/aromatic N) is 3. The largest absolute Gasteiger partial charge is 0.366 e. The summed E-state index contributed by atoms with van der Waals surface area (Å²) in [5.74, 6) is -0.100. The molecule has 0 aliphatic rings. The van der Waals surface area contributed by atoms with Crippen LogP contribution in [0.3, 0.4) is 0 Å². The van der Waals surface area contributed by atoms with Crippen LogP contribution < -0.4 is 16.5 Å². The Morgan fingerprint density at radius 3 is 2.64 bits per heavy atom. The minimum atomic E-state index is -0.461. The topological polar surface area (TPSA) is 85.3 Å². The van der Waals surface area contributed by atoms with E-state index >= 15 is 0 Å². The molecule has 4 rings (SSSR count). The van der Waals surface area contributed by atoms with Crippen LogP contribution in [-0.2, 0) is 6.54 Å². The van der Waals surface area contributed by atoms with E-state index in [9.17, 15) is 9.18 Å². The molecule has 2 aromatic carbocycles. The molecule has 2 aromatic heterocycles. The molecular weight excluding hydrogens is 356 g/mol. The number of hydrogen-bond donors (Lipinski definition) is 2. The van der Waals surface area contributed by atoms with E-state index in [4.69, 9.17) is 5.73 Å². The lowest BCUT2D eigenvalue weighted by atomic mass is 10.0.